The number of hydrogen-bond acceptors (Lipinski definition) is 3. The first-order chi connectivity index (χ1) is 10.2. The van der Waals surface area contributed by atoms with Crippen molar-refractivity contribution in [3.05, 3.63) is 41.5 Å². The van der Waals surface area contributed by atoms with Crippen molar-refractivity contribution in [1.29, 1.82) is 0 Å². The molecule has 0 aliphatic carbocycles. The van der Waals surface area contributed by atoms with Crippen molar-refractivity contribution in [2.75, 3.05) is 0 Å². The van der Waals surface area contributed by atoms with Crippen LogP contribution in [0.15, 0.2) is 35.2 Å². The maximum atomic E-state index is 11.6. The fourth-order valence-corrected chi connectivity index (χ4v) is 3.67. The van der Waals surface area contributed by atoms with Crippen LogP contribution in [0, 0.1) is 11.8 Å². The zero-order valence-electron chi connectivity index (χ0n) is 14.6. The van der Waals surface area contributed by atoms with E-state index in [4.69, 9.17) is 0 Å². The maximum absolute atomic E-state index is 11.6. The van der Waals surface area contributed by atoms with Crippen LogP contribution >= 0.6 is 0 Å². The number of benzene rings is 2. The van der Waals surface area contributed by atoms with Crippen molar-refractivity contribution in [3.8, 4) is 0 Å². The largest absolute Gasteiger partial charge is 1.00 e. The van der Waals surface area contributed by atoms with Crippen LogP contribution in [0.5, 0.6) is 0 Å². The summed E-state index contributed by atoms with van der Waals surface area (Å²) in [5, 5.41) is 1.95. The molecule has 0 radical (unpaired) electrons. The maximum Gasteiger partial charge on any atom is 1.00 e. The summed E-state index contributed by atoms with van der Waals surface area (Å²) in [5.41, 5.74) is 1.86. The molecule has 2 aromatic rings. The van der Waals surface area contributed by atoms with Crippen LogP contribution < -0.4 is 29.6 Å². The average molecular weight is 342 g/mol. The average Bonchev–Trinajstić information content (AvgIpc) is 2.37. The Morgan fingerprint density at radius 3 is 2.04 bits per heavy atom. The van der Waals surface area contributed by atoms with Crippen molar-refractivity contribution in [1.82, 2.24) is 0 Å². The van der Waals surface area contributed by atoms with Crippen molar-refractivity contribution in [2.45, 2.75) is 45.4 Å². The second-order valence-corrected chi connectivity index (χ2v) is 8.05. The second kappa shape index (κ2) is 8.13. The Kier molecular flexibility index (Phi) is 7.30. The summed E-state index contributed by atoms with van der Waals surface area (Å²) >= 11 is 0. The van der Waals surface area contributed by atoms with Gasteiger partial charge in [-0.25, -0.2) is 8.42 Å². The molecular formula is C18H23NaO3S. The minimum absolute atomic E-state index is 0. The first-order valence-electron chi connectivity index (χ1n) is 7.69. The quantitative estimate of drug-likeness (QED) is 0.605. The molecule has 0 atom stereocenters. The summed E-state index contributed by atoms with van der Waals surface area (Å²) in [6, 6.07) is 9.21. The van der Waals surface area contributed by atoms with Gasteiger partial charge in [0.05, 0.1) is 4.90 Å². The second-order valence-electron chi connectivity index (χ2n) is 6.70. The van der Waals surface area contributed by atoms with E-state index in [1.54, 1.807) is 6.07 Å². The van der Waals surface area contributed by atoms with Crippen molar-refractivity contribution in [2.24, 2.45) is 11.8 Å². The minimum Gasteiger partial charge on any atom is -0.744 e. The molecule has 0 heterocycles. The molecule has 0 saturated carbocycles. The topological polar surface area (TPSA) is 57.2 Å². The van der Waals surface area contributed by atoms with E-state index in [1.807, 2.05) is 26.0 Å². The van der Waals surface area contributed by atoms with E-state index < -0.39 is 10.1 Å². The molecule has 0 aromatic heterocycles. The Labute approximate surface area is 161 Å². The van der Waals surface area contributed by atoms with E-state index in [1.165, 1.54) is 11.6 Å². The van der Waals surface area contributed by atoms with Crippen LogP contribution in [0.3, 0.4) is 0 Å². The van der Waals surface area contributed by atoms with E-state index in [0.29, 0.717) is 17.9 Å². The summed E-state index contributed by atoms with van der Waals surface area (Å²) in [6.45, 7) is 8.37. The molecule has 23 heavy (non-hydrogen) atoms. The van der Waals surface area contributed by atoms with Gasteiger partial charge >= 0.3 is 29.6 Å². The summed E-state index contributed by atoms with van der Waals surface area (Å²) in [6.07, 6.45) is 1.52. The number of hydrogen-bond donors (Lipinski definition) is 0. The Morgan fingerprint density at radius 1 is 0.913 bits per heavy atom. The molecule has 0 N–H and O–H groups in total. The van der Waals surface area contributed by atoms with Crippen LogP contribution in [0.2, 0.25) is 0 Å². The molecule has 5 heteroatoms. The molecule has 0 amide bonds. The summed E-state index contributed by atoms with van der Waals surface area (Å²) < 4.78 is 34.8. The standard InChI is InChI=1S/C18H24O3S.Na/c1-12(2)10-14-6-5-7-16-15(14)8-9-18(22(19,20)21)17(16)11-13(3)4;/h5-9,12-13H,10-11H2,1-4H3,(H,19,20,21);/q;+1/p-1. The molecule has 2 aromatic carbocycles. The van der Waals surface area contributed by atoms with Crippen molar-refractivity contribution in [3.63, 3.8) is 0 Å². The monoisotopic (exact) mass is 342 g/mol. The van der Waals surface area contributed by atoms with Gasteiger partial charge in [0.15, 0.2) is 0 Å². The van der Waals surface area contributed by atoms with Crippen molar-refractivity contribution >= 4 is 20.9 Å². The summed E-state index contributed by atoms with van der Waals surface area (Å²) in [7, 11) is -4.46. The van der Waals surface area contributed by atoms with Gasteiger partial charge < -0.3 is 4.55 Å². The van der Waals surface area contributed by atoms with Gasteiger partial charge in [-0.3, -0.25) is 0 Å². The van der Waals surface area contributed by atoms with Crippen LogP contribution in [-0.4, -0.2) is 13.0 Å². The molecule has 2 rings (SSSR count). The third kappa shape index (κ3) is 5.04. The third-order valence-corrected chi connectivity index (χ3v) is 4.65. The van der Waals surface area contributed by atoms with Gasteiger partial charge in [0, 0.05) is 0 Å². The Morgan fingerprint density at radius 2 is 1.52 bits per heavy atom. The zero-order valence-corrected chi connectivity index (χ0v) is 17.4. The molecule has 3 nitrogen and oxygen atoms in total. The van der Waals surface area contributed by atoms with Crippen LogP contribution in [-0.2, 0) is 23.0 Å². The van der Waals surface area contributed by atoms with Gasteiger partial charge in [-0.2, -0.15) is 0 Å². The first kappa shape index (κ1) is 20.7. The van der Waals surface area contributed by atoms with Gasteiger partial charge in [0.1, 0.15) is 10.1 Å². The van der Waals surface area contributed by atoms with Crippen LogP contribution in [0.1, 0.15) is 38.8 Å². The van der Waals surface area contributed by atoms with E-state index in [-0.39, 0.29) is 40.4 Å². The summed E-state index contributed by atoms with van der Waals surface area (Å²) in [5.74, 6) is 0.793. The SMILES string of the molecule is CC(C)Cc1cccc2c(CC(C)C)c(S(=O)(=O)[O-])ccc12.[Na+]. The molecule has 0 aliphatic heterocycles. The fourth-order valence-electron chi connectivity index (χ4n) is 2.94. The van der Waals surface area contributed by atoms with Crippen LogP contribution in [0.4, 0.5) is 0 Å². The number of fused-ring (bicyclic) bond motifs is 1. The number of rotatable bonds is 5. The molecule has 120 valence electrons. The zero-order chi connectivity index (χ0) is 16.5. The molecule has 0 spiro atoms. The van der Waals surface area contributed by atoms with Crippen LogP contribution in [0.25, 0.3) is 10.8 Å². The van der Waals surface area contributed by atoms with E-state index in [0.717, 1.165) is 17.2 Å². The Bertz CT molecular complexity index is 780. The predicted molar refractivity (Wildman–Crippen MR) is 89.0 cm³/mol. The predicted octanol–water partition coefficient (Wildman–Crippen LogP) is 1.14. The van der Waals surface area contributed by atoms with Crippen molar-refractivity contribution < 1.29 is 42.5 Å². The van der Waals surface area contributed by atoms with Gasteiger partial charge in [-0.1, -0.05) is 52.0 Å². The van der Waals surface area contributed by atoms with E-state index in [9.17, 15) is 13.0 Å². The first-order valence-corrected chi connectivity index (χ1v) is 9.10. The van der Waals surface area contributed by atoms with E-state index >= 15 is 0 Å². The minimum atomic E-state index is -4.46. The van der Waals surface area contributed by atoms with Gasteiger partial charge in [0.25, 0.3) is 0 Å². The smallest absolute Gasteiger partial charge is 0.744 e. The van der Waals surface area contributed by atoms with E-state index in [2.05, 4.69) is 19.9 Å². The molecular weight excluding hydrogens is 319 g/mol. The van der Waals surface area contributed by atoms with Gasteiger partial charge in [0.2, 0.25) is 0 Å². The molecule has 0 fully saturated rings. The van der Waals surface area contributed by atoms with Gasteiger partial charge in [-0.15, -0.1) is 0 Å². The normalized spacial score (nSPS) is 12.0. The molecule has 0 aliphatic rings. The third-order valence-electron chi connectivity index (χ3n) is 3.73. The Hall–Kier alpha value is -0.390. The molecule has 0 unspecified atom stereocenters. The fraction of sp³-hybridized carbons (Fsp3) is 0.444. The molecule has 0 saturated heterocycles. The Balaban J connectivity index is 0.00000264. The summed E-state index contributed by atoms with van der Waals surface area (Å²) in [4.78, 5) is -0.0737. The van der Waals surface area contributed by atoms with Gasteiger partial charge in [-0.05, 0) is 52.6 Å². The molecule has 0 bridgehead atoms.